The van der Waals surface area contributed by atoms with E-state index >= 15 is 0 Å². The van der Waals surface area contributed by atoms with Gasteiger partial charge in [0, 0.05) is 30.7 Å². The van der Waals surface area contributed by atoms with Crippen molar-refractivity contribution in [1.29, 1.82) is 0 Å². The molecule has 0 N–H and O–H groups in total. The molecule has 5 nitrogen and oxygen atoms in total. The Morgan fingerprint density at radius 1 is 1.00 bits per heavy atom. The first kappa shape index (κ1) is 24.1. The van der Waals surface area contributed by atoms with Gasteiger partial charge in [-0.05, 0) is 35.7 Å². The number of rotatable bonds is 8. The predicted molar refractivity (Wildman–Crippen MR) is 146 cm³/mol. The molecule has 5 rings (SSSR count). The molecule has 1 aromatic heterocycles. The summed E-state index contributed by atoms with van der Waals surface area (Å²) in [5.74, 6) is -0.331. The lowest BCUT2D eigenvalue weighted by Gasteiger charge is -2.29. The van der Waals surface area contributed by atoms with E-state index in [1.165, 1.54) is 0 Å². The van der Waals surface area contributed by atoms with Crippen molar-refractivity contribution in [3.05, 3.63) is 94.5 Å². The van der Waals surface area contributed by atoms with Crippen molar-refractivity contribution in [2.75, 3.05) is 44.3 Å². The number of nitrogens with zero attached hydrogens (tertiary/aromatic N) is 3. The topological polar surface area (TPSA) is 45.7 Å². The lowest BCUT2D eigenvalue weighted by Crippen LogP contribution is -2.40. The third-order valence-electron chi connectivity index (χ3n) is 6.31. The number of thiazole rings is 1. The first-order valence-corrected chi connectivity index (χ1v) is 13.6. The van der Waals surface area contributed by atoms with E-state index in [-0.39, 0.29) is 11.8 Å². The Morgan fingerprint density at radius 2 is 1.66 bits per heavy atom. The minimum atomic E-state index is -0.389. The van der Waals surface area contributed by atoms with Gasteiger partial charge in [-0.25, -0.2) is 4.98 Å². The molecule has 0 radical (unpaired) electrons. The number of benzene rings is 3. The second-order valence-electron chi connectivity index (χ2n) is 8.66. The van der Waals surface area contributed by atoms with E-state index in [9.17, 15) is 4.79 Å². The van der Waals surface area contributed by atoms with Crippen LogP contribution in [0.2, 0.25) is 0 Å². The zero-order valence-electron chi connectivity index (χ0n) is 19.5. The number of ether oxygens (including phenoxy) is 1. The summed E-state index contributed by atoms with van der Waals surface area (Å²) >= 11 is 5.13. The summed E-state index contributed by atoms with van der Waals surface area (Å²) in [6, 6.07) is 26.2. The summed E-state index contributed by atoms with van der Waals surface area (Å²) in [5.41, 5.74) is 2.90. The van der Waals surface area contributed by atoms with Gasteiger partial charge in [-0.2, -0.15) is 0 Å². The molecule has 1 amide bonds. The highest BCUT2D eigenvalue weighted by Gasteiger charge is 2.30. The van der Waals surface area contributed by atoms with Crippen LogP contribution in [-0.4, -0.2) is 55.2 Å². The Kier molecular flexibility index (Phi) is 7.88. The number of carbonyl (C=O) groups excluding carboxylic acids is 1. The third kappa shape index (κ3) is 5.81. The summed E-state index contributed by atoms with van der Waals surface area (Å²) in [7, 11) is 0. The maximum atomic E-state index is 14.3. The number of fused-ring (bicyclic) bond motifs is 1. The summed E-state index contributed by atoms with van der Waals surface area (Å²) < 4.78 is 7.57. The molecular formula is C28H28BrN3O2S. The standard InChI is InChI=1S/C28H28BrN3O2S/c29-23-12-13-24-25(20-23)35-28(30-24)32(15-7-14-31-16-18-34-19-17-31)27(33)26(21-8-3-1-4-9-21)22-10-5-2-6-11-22/h1-6,8-13,20,26H,7,14-19H2. The monoisotopic (exact) mass is 549 g/mol. The number of morpholine rings is 1. The highest BCUT2D eigenvalue weighted by atomic mass is 79.9. The van der Waals surface area contributed by atoms with Crippen LogP contribution in [0.25, 0.3) is 10.2 Å². The van der Waals surface area contributed by atoms with Crippen LogP contribution in [0.4, 0.5) is 5.13 Å². The van der Waals surface area contributed by atoms with Crippen molar-refractivity contribution >= 4 is 48.5 Å². The van der Waals surface area contributed by atoms with Crippen molar-refractivity contribution in [3.8, 4) is 0 Å². The number of amides is 1. The van der Waals surface area contributed by atoms with E-state index in [0.717, 1.165) is 70.2 Å². The van der Waals surface area contributed by atoms with Crippen LogP contribution in [0.1, 0.15) is 23.5 Å². The second-order valence-corrected chi connectivity index (χ2v) is 10.6. The fourth-order valence-electron chi connectivity index (χ4n) is 4.50. The first-order chi connectivity index (χ1) is 17.2. The van der Waals surface area contributed by atoms with Crippen LogP contribution >= 0.6 is 27.3 Å². The quantitative estimate of drug-likeness (QED) is 0.272. The van der Waals surface area contributed by atoms with E-state index in [4.69, 9.17) is 9.72 Å². The number of hydrogen-bond donors (Lipinski definition) is 0. The normalized spacial score (nSPS) is 14.5. The molecule has 1 saturated heterocycles. The van der Waals surface area contributed by atoms with E-state index < -0.39 is 0 Å². The van der Waals surface area contributed by atoms with E-state index in [1.807, 2.05) is 77.7 Å². The average molecular weight is 551 g/mol. The molecule has 3 aromatic carbocycles. The van der Waals surface area contributed by atoms with Gasteiger partial charge in [0.25, 0.3) is 0 Å². The van der Waals surface area contributed by atoms with Gasteiger partial charge in [0.05, 0.1) is 29.3 Å². The largest absolute Gasteiger partial charge is 0.379 e. The van der Waals surface area contributed by atoms with Crippen molar-refractivity contribution < 1.29 is 9.53 Å². The van der Waals surface area contributed by atoms with Crippen LogP contribution in [0.5, 0.6) is 0 Å². The molecule has 0 aliphatic carbocycles. The summed E-state index contributed by atoms with van der Waals surface area (Å²) in [6.45, 7) is 5.00. The SMILES string of the molecule is O=C(C(c1ccccc1)c1ccccc1)N(CCCN1CCOCC1)c1nc2ccc(Br)cc2s1. The molecule has 0 atom stereocenters. The van der Waals surface area contributed by atoms with Crippen molar-refractivity contribution in [2.24, 2.45) is 0 Å². The van der Waals surface area contributed by atoms with Gasteiger partial charge < -0.3 is 4.74 Å². The van der Waals surface area contributed by atoms with Crippen molar-refractivity contribution in [1.82, 2.24) is 9.88 Å². The van der Waals surface area contributed by atoms with Crippen molar-refractivity contribution in [2.45, 2.75) is 12.3 Å². The Bertz CT molecular complexity index is 1220. The molecule has 2 heterocycles. The highest BCUT2D eigenvalue weighted by molar-refractivity contribution is 9.10. The van der Waals surface area contributed by atoms with Gasteiger partial charge in [0.2, 0.25) is 5.91 Å². The molecule has 7 heteroatoms. The van der Waals surface area contributed by atoms with Crippen molar-refractivity contribution in [3.63, 3.8) is 0 Å². The predicted octanol–water partition coefficient (Wildman–Crippen LogP) is 5.95. The number of halogens is 1. The van der Waals surface area contributed by atoms with Gasteiger partial charge in [0.1, 0.15) is 0 Å². The van der Waals surface area contributed by atoms with Crippen LogP contribution in [0.3, 0.4) is 0 Å². The smallest absolute Gasteiger partial charge is 0.240 e. The lowest BCUT2D eigenvalue weighted by molar-refractivity contribution is -0.119. The van der Waals surface area contributed by atoms with E-state index in [0.29, 0.717) is 6.54 Å². The van der Waals surface area contributed by atoms with Crippen LogP contribution in [-0.2, 0) is 9.53 Å². The summed E-state index contributed by atoms with van der Waals surface area (Å²) in [4.78, 5) is 23.5. The zero-order chi connectivity index (χ0) is 24.0. The van der Waals surface area contributed by atoms with E-state index in [1.54, 1.807) is 11.3 Å². The molecule has 0 unspecified atom stereocenters. The maximum absolute atomic E-state index is 14.3. The molecular weight excluding hydrogens is 522 g/mol. The average Bonchev–Trinajstić information content (AvgIpc) is 3.31. The molecule has 4 aromatic rings. The van der Waals surface area contributed by atoms with Gasteiger partial charge in [-0.1, -0.05) is 87.9 Å². The second kappa shape index (κ2) is 11.4. The Balaban J connectivity index is 1.48. The number of aromatic nitrogens is 1. The molecule has 35 heavy (non-hydrogen) atoms. The third-order valence-corrected chi connectivity index (χ3v) is 7.84. The molecule has 1 aliphatic heterocycles. The van der Waals surface area contributed by atoms with Crippen LogP contribution < -0.4 is 4.90 Å². The summed E-state index contributed by atoms with van der Waals surface area (Å²) in [5, 5.41) is 0.752. The van der Waals surface area contributed by atoms with Gasteiger partial charge in [-0.15, -0.1) is 0 Å². The molecule has 0 spiro atoms. The maximum Gasteiger partial charge on any atom is 0.240 e. The molecule has 1 aliphatic rings. The fourth-order valence-corrected chi connectivity index (χ4v) is 6.05. The Morgan fingerprint density at radius 3 is 2.31 bits per heavy atom. The molecule has 180 valence electrons. The van der Waals surface area contributed by atoms with E-state index in [2.05, 4.69) is 26.9 Å². The number of hydrogen-bond acceptors (Lipinski definition) is 5. The number of carbonyl (C=O) groups is 1. The van der Waals surface area contributed by atoms with Crippen LogP contribution in [0, 0.1) is 0 Å². The Hall–Kier alpha value is -2.58. The lowest BCUT2D eigenvalue weighted by atomic mass is 9.90. The highest BCUT2D eigenvalue weighted by Crippen LogP contribution is 2.34. The molecule has 0 saturated carbocycles. The van der Waals surface area contributed by atoms with Gasteiger partial charge >= 0.3 is 0 Å². The van der Waals surface area contributed by atoms with Gasteiger partial charge in [0.15, 0.2) is 5.13 Å². The Labute approximate surface area is 218 Å². The first-order valence-electron chi connectivity index (χ1n) is 12.0. The minimum absolute atomic E-state index is 0.0579. The molecule has 0 bridgehead atoms. The summed E-state index contributed by atoms with van der Waals surface area (Å²) in [6.07, 6.45) is 0.877. The number of anilines is 1. The van der Waals surface area contributed by atoms with Gasteiger partial charge in [-0.3, -0.25) is 14.6 Å². The van der Waals surface area contributed by atoms with Crippen LogP contribution in [0.15, 0.2) is 83.3 Å². The minimum Gasteiger partial charge on any atom is -0.379 e. The zero-order valence-corrected chi connectivity index (χ0v) is 21.9. The molecule has 1 fully saturated rings. The fraction of sp³-hybridized carbons (Fsp3) is 0.286.